The van der Waals surface area contributed by atoms with E-state index < -0.39 is 0 Å². The molecular formula is C25H44. The van der Waals surface area contributed by atoms with E-state index in [1.807, 2.05) is 0 Å². The van der Waals surface area contributed by atoms with Crippen LogP contribution in [-0.2, 0) is 19.3 Å². The van der Waals surface area contributed by atoms with Crippen LogP contribution in [0.4, 0.5) is 0 Å². The lowest BCUT2D eigenvalue weighted by molar-refractivity contribution is 0.639. The fourth-order valence-electron chi connectivity index (χ4n) is 3.95. The zero-order chi connectivity index (χ0) is 18.3. The van der Waals surface area contributed by atoms with Crippen molar-refractivity contribution >= 4 is 0 Å². The average Bonchev–Trinajstić information content (AvgIpc) is 2.60. The van der Waals surface area contributed by atoms with Gasteiger partial charge in [0.1, 0.15) is 0 Å². The highest BCUT2D eigenvalue weighted by molar-refractivity contribution is 5.39. The maximum Gasteiger partial charge on any atom is -0.0273 e. The second kappa shape index (κ2) is 14.4. The molecule has 0 unspecified atom stereocenters. The minimum atomic E-state index is 1.30. The molecule has 0 spiro atoms. The van der Waals surface area contributed by atoms with Crippen molar-refractivity contribution in [2.45, 2.75) is 124 Å². The van der Waals surface area contributed by atoms with Gasteiger partial charge in [-0.3, -0.25) is 0 Å². The van der Waals surface area contributed by atoms with E-state index >= 15 is 0 Å². The van der Waals surface area contributed by atoms with Crippen molar-refractivity contribution in [1.29, 1.82) is 0 Å². The number of benzene rings is 1. The van der Waals surface area contributed by atoms with Gasteiger partial charge in [0.25, 0.3) is 0 Å². The van der Waals surface area contributed by atoms with Crippen LogP contribution >= 0.6 is 0 Å². The average molecular weight is 345 g/mol. The first kappa shape index (κ1) is 22.3. The monoisotopic (exact) mass is 344 g/mol. The maximum atomic E-state index is 2.50. The van der Waals surface area contributed by atoms with Crippen molar-refractivity contribution in [3.8, 4) is 0 Å². The van der Waals surface area contributed by atoms with Gasteiger partial charge >= 0.3 is 0 Å². The fourth-order valence-corrected chi connectivity index (χ4v) is 3.95. The van der Waals surface area contributed by atoms with Crippen molar-refractivity contribution in [3.63, 3.8) is 0 Å². The van der Waals surface area contributed by atoms with Crippen LogP contribution in [0.5, 0.6) is 0 Å². The first-order valence-corrected chi connectivity index (χ1v) is 11.3. The van der Waals surface area contributed by atoms with Crippen LogP contribution in [0.1, 0.15) is 120 Å². The van der Waals surface area contributed by atoms with Crippen molar-refractivity contribution < 1.29 is 0 Å². The Morgan fingerprint density at radius 2 is 0.920 bits per heavy atom. The predicted octanol–water partition coefficient (Wildman–Crippen LogP) is 8.36. The Bertz CT molecular complexity index is 410. The molecule has 0 nitrogen and oxygen atoms in total. The van der Waals surface area contributed by atoms with Gasteiger partial charge in [-0.15, -0.1) is 0 Å². The highest BCUT2D eigenvalue weighted by Gasteiger charge is 2.10. The van der Waals surface area contributed by atoms with E-state index in [9.17, 15) is 0 Å². The van der Waals surface area contributed by atoms with Crippen LogP contribution in [0.3, 0.4) is 0 Å². The summed E-state index contributed by atoms with van der Waals surface area (Å²) >= 11 is 0. The van der Waals surface area contributed by atoms with Gasteiger partial charge in [0, 0.05) is 0 Å². The molecule has 0 aromatic heterocycles. The second-order valence-corrected chi connectivity index (χ2v) is 7.99. The van der Waals surface area contributed by atoms with Gasteiger partial charge in [-0.2, -0.15) is 0 Å². The fraction of sp³-hybridized carbons (Fsp3) is 0.760. The van der Waals surface area contributed by atoms with E-state index in [1.165, 1.54) is 102 Å². The molecule has 0 aliphatic heterocycles. The van der Waals surface area contributed by atoms with Crippen molar-refractivity contribution in [1.82, 2.24) is 0 Å². The topological polar surface area (TPSA) is 0 Å². The predicted molar refractivity (Wildman–Crippen MR) is 115 cm³/mol. The van der Waals surface area contributed by atoms with Crippen LogP contribution in [-0.4, -0.2) is 0 Å². The van der Waals surface area contributed by atoms with E-state index in [0.717, 1.165) is 0 Å². The summed E-state index contributed by atoms with van der Waals surface area (Å²) in [6.07, 6.45) is 20.4. The van der Waals surface area contributed by atoms with Crippen LogP contribution < -0.4 is 0 Å². The zero-order valence-corrected chi connectivity index (χ0v) is 17.8. The van der Waals surface area contributed by atoms with Gasteiger partial charge in [-0.05, 0) is 62.1 Å². The Kier molecular flexibility index (Phi) is 12.8. The lowest BCUT2D eigenvalue weighted by Crippen LogP contribution is -2.03. The molecule has 0 atom stereocenters. The summed E-state index contributed by atoms with van der Waals surface area (Å²) < 4.78 is 0. The lowest BCUT2D eigenvalue weighted by Gasteiger charge is -2.17. The maximum absolute atomic E-state index is 2.50. The van der Waals surface area contributed by atoms with Crippen LogP contribution in [0, 0.1) is 6.92 Å². The molecule has 0 heterocycles. The van der Waals surface area contributed by atoms with Crippen molar-refractivity contribution in [2.24, 2.45) is 0 Å². The summed E-state index contributed by atoms with van der Waals surface area (Å²) in [5.41, 5.74) is 6.57. The van der Waals surface area contributed by atoms with E-state index in [4.69, 9.17) is 0 Å². The standard InChI is InChI=1S/C25H44/c1-5-8-11-14-17-23-20-22(4)21-24(18-15-12-9-6-2)25(23)19-16-13-10-7-3/h20-21H,5-19H2,1-4H3. The zero-order valence-electron chi connectivity index (χ0n) is 17.8. The summed E-state index contributed by atoms with van der Waals surface area (Å²) in [7, 11) is 0. The molecular weight excluding hydrogens is 300 g/mol. The Hall–Kier alpha value is -0.780. The molecule has 0 amide bonds. The van der Waals surface area contributed by atoms with Gasteiger partial charge in [0.15, 0.2) is 0 Å². The minimum Gasteiger partial charge on any atom is -0.0654 e. The Labute approximate surface area is 158 Å². The molecule has 0 radical (unpaired) electrons. The van der Waals surface area contributed by atoms with Crippen molar-refractivity contribution in [2.75, 3.05) is 0 Å². The van der Waals surface area contributed by atoms with E-state index in [-0.39, 0.29) is 0 Å². The van der Waals surface area contributed by atoms with E-state index in [2.05, 4.69) is 39.8 Å². The SMILES string of the molecule is CCCCCCc1cc(C)cc(CCCCCC)c1CCCCCC. The molecule has 0 fully saturated rings. The second-order valence-electron chi connectivity index (χ2n) is 7.99. The molecule has 1 aromatic carbocycles. The summed E-state index contributed by atoms with van der Waals surface area (Å²) in [5.74, 6) is 0. The number of rotatable bonds is 15. The number of aryl methyl sites for hydroxylation is 3. The molecule has 0 heteroatoms. The molecule has 0 saturated carbocycles. The third-order valence-corrected chi connectivity index (χ3v) is 5.46. The first-order valence-electron chi connectivity index (χ1n) is 11.3. The van der Waals surface area contributed by atoms with Gasteiger partial charge in [0.05, 0.1) is 0 Å². The molecule has 144 valence electrons. The van der Waals surface area contributed by atoms with Gasteiger partial charge in [-0.25, -0.2) is 0 Å². The Morgan fingerprint density at radius 3 is 1.32 bits per heavy atom. The first-order chi connectivity index (χ1) is 12.2. The highest BCUT2D eigenvalue weighted by atomic mass is 14.2. The summed E-state index contributed by atoms with van der Waals surface area (Å²) in [6, 6.07) is 4.99. The highest BCUT2D eigenvalue weighted by Crippen LogP contribution is 2.24. The van der Waals surface area contributed by atoms with Crippen LogP contribution in [0.15, 0.2) is 12.1 Å². The molecule has 0 bridgehead atoms. The molecule has 0 saturated heterocycles. The molecule has 1 aromatic rings. The number of hydrogen-bond acceptors (Lipinski definition) is 0. The Morgan fingerprint density at radius 1 is 0.520 bits per heavy atom. The van der Waals surface area contributed by atoms with Gasteiger partial charge < -0.3 is 0 Å². The molecule has 0 N–H and O–H groups in total. The van der Waals surface area contributed by atoms with Crippen LogP contribution in [0.25, 0.3) is 0 Å². The van der Waals surface area contributed by atoms with E-state index in [1.54, 1.807) is 16.7 Å². The number of unbranched alkanes of at least 4 members (excludes halogenated alkanes) is 9. The summed E-state index contributed by atoms with van der Waals surface area (Å²) in [4.78, 5) is 0. The molecule has 25 heavy (non-hydrogen) atoms. The quantitative estimate of drug-likeness (QED) is 0.280. The van der Waals surface area contributed by atoms with Crippen molar-refractivity contribution in [3.05, 3.63) is 34.4 Å². The summed E-state index contributed by atoms with van der Waals surface area (Å²) in [6.45, 7) is 9.22. The van der Waals surface area contributed by atoms with E-state index in [0.29, 0.717) is 0 Å². The third kappa shape index (κ3) is 9.47. The van der Waals surface area contributed by atoms with Gasteiger partial charge in [0.2, 0.25) is 0 Å². The molecule has 0 aliphatic rings. The molecule has 1 rings (SSSR count). The molecule has 0 aliphatic carbocycles. The minimum absolute atomic E-state index is 1.30. The van der Waals surface area contributed by atoms with Gasteiger partial charge in [-0.1, -0.05) is 96.3 Å². The third-order valence-electron chi connectivity index (χ3n) is 5.46. The number of hydrogen-bond donors (Lipinski definition) is 0. The lowest BCUT2D eigenvalue weighted by atomic mass is 9.88. The normalized spacial score (nSPS) is 11.2. The smallest absolute Gasteiger partial charge is 0.0273 e. The summed E-state index contributed by atoms with van der Waals surface area (Å²) in [5, 5.41) is 0. The Balaban J connectivity index is 2.79. The largest absolute Gasteiger partial charge is 0.0654 e. The van der Waals surface area contributed by atoms with Crippen LogP contribution in [0.2, 0.25) is 0 Å².